The molecule has 0 aliphatic rings. The van der Waals surface area contributed by atoms with Crippen LogP contribution in [-0.4, -0.2) is 17.4 Å². The lowest BCUT2D eigenvalue weighted by Crippen LogP contribution is -2.32. The molecule has 0 aliphatic carbocycles. The zero-order valence-electron chi connectivity index (χ0n) is 13.1. The Bertz CT molecular complexity index is 305. The SMILES string of the molecule is C[C@H](CC(=O)C(C)(C)C)[C@H](C)C(=O)OC(C)(C)C. The molecule has 0 bridgehead atoms. The monoisotopic (exact) mass is 256 g/mol. The summed E-state index contributed by atoms with van der Waals surface area (Å²) in [4.78, 5) is 23.8. The summed E-state index contributed by atoms with van der Waals surface area (Å²) in [7, 11) is 0. The molecule has 0 aromatic rings. The minimum atomic E-state index is -0.473. The van der Waals surface area contributed by atoms with E-state index >= 15 is 0 Å². The number of Topliss-reactive ketones (excluding diaryl/α,β-unsaturated/α-hetero) is 1. The molecular formula is C15H28O3. The largest absolute Gasteiger partial charge is 0.460 e. The van der Waals surface area contributed by atoms with Gasteiger partial charge in [-0.05, 0) is 26.7 Å². The number of rotatable bonds is 4. The van der Waals surface area contributed by atoms with Crippen LogP contribution in [0.25, 0.3) is 0 Å². The molecule has 106 valence electrons. The van der Waals surface area contributed by atoms with Crippen molar-refractivity contribution in [2.45, 2.75) is 67.4 Å². The van der Waals surface area contributed by atoms with E-state index in [1.807, 2.05) is 55.4 Å². The molecule has 0 aromatic heterocycles. The van der Waals surface area contributed by atoms with Crippen molar-refractivity contribution >= 4 is 11.8 Å². The molecule has 0 spiro atoms. The van der Waals surface area contributed by atoms with Crippen molar-refractivity contribution in [3.63, 3.8) is 0 Å². The van der Waals surface area contributed by atoms with Gasteiger partial charge in [0.1, 0.15) is 11.4 Å². The van der Waals surface area contributed by atoms with E-state index in [1.165, 1.54) is 0 Å². The van der Waals surface area contributed by atoms with Crippen LogP contribution < -0.4 is 0 Å². The number of ketones is 1. The average molecular weight is 256 g/mol. The van der Waals surface area contributed by atoms with Gasteiger partial charge in [-0.3, -0.25) is 9.59 Å². The third kappa shape index (κ3) is 6.18. The summed E-state index contributed by atoms with van der Waals surface area (Å²) in [5.74, 6) is -0.288. The number of hydrogen-bond donors (Lipinski definition) is 0. The Kier molecular flexibility index (Phi) is 5.57. The normalized spacial score (nSPS) is 16.0. The van der Waals surface area contributed by atoms with Crippen molar-refractivity contribution in [1.29, 1.82) is 0 Å². The van der Waals surface area contributed by atoms with E-state index < -0.39 is 5.60 Å². The summed E-state index contributed by atoms with van der Waals surface area (Å²) < 4.78 is 5.34. The lowest BCUT2D eigenvalue weighted by Gasteiger charge is -2.26. The molecule has 0 heterocycles. The van der Waals surface area contributed by atoms with Gasteiger partial charge in [0.15, 0.2) is 0 Å². The summed E-state index contributed by atoms with van der Waals surface area (Å²) in [6.45, 7) is 15.0. The third-order valence-electron chi connectivity index (χ3n) is 2.98. The van der Waals surface area contributed by atoms with Crippen LogP contribution in [0.15, 0.2) is 0 Å². The van der Waals surface area contributed by atoms with Gasteiger partial charge < -0.3 is 4.74 Å². The van der Waals surface area contributed by atoms with E-state index in [0.29, 0.717) is 6.42 Å². The first-order valence-corrected chi connectivity index (χ1v) is 6.61. The standard InChI is InChI=1S/C15H28O3/c1-10(9-12(16)14(3,4)5)11(2)13(17)18-15(6,7)8/h10-11H,9H2,1-8H3/t10-,11+/m1/s1. The number of carbonyl (C=O) groups excluding carboxylic acids is 2. The van der Waals surface area contributed by atoms with Crippen molar-refractivity contribution in [3.05, 3.63) is 0 Å². The minimum Gasteiger partial charge on any atom is -0.460 e. The van der Waals surface area contributed by atoms with Crippen LogP contribution in [0.2, 0.25) is 0 Å². The zero-order valence-corrected chi connectivity index (χ0v) is 13.1. The van der Waals surface area contributed by atoms with Gasteiger partial charge in [0.2, 0.25) is 0 Å². The molecular weight excluding hydrogens is 228 g/mol. The van der Waals surface area contributed by atoms with Gasteiger partial charge >= 0.3 is 5.97 Å². The highest BCUT2D eigenvalue weighted by molar-refractivity contribution is 5.84. The Morgan fingerprint density at radius 1 is 1.00 bits per heavy atom. The summed E-state index contributed by atoms with van der Waals surface area (Å²) >= 11 is 0. The Balaban J connectivity index is 4.48. The maximum absolute atomic E-state index is 11.9. The second kappa shape index (κ2) is 5.85. The van der Waals surface area contributed by atoms with Crippen LogP contribution in [-0.2, 0) is 14.3 Å². The van der Waals surface area contributed by atoms with Gasteiger partial charge in [0, 0.05) is 11.8 Å². The molecule has 0 amide bonds. The maximum atomic E-state index is 11.9. The van der Waals surface area contributed by atoms with E-state index in [-0.39, 0.29) is 29.0 Å². The highest BCUT2D eigenvalue weighted by Crippen LogP contribution is 2.25. The Labute approximate surface area is 111 Å². The van der Waals surface area contributed by atoms with E-state index in [2.05, 4.69) is 0 Å². The van der Waals surface area contributed by atoms with E-state index in [9.17, 15) is 9.59 Å². The first-order chi connectivity index (χ1) is 7.84. The molecule has 0 aromatic carbocycles. The van der Waals surface area contributed by atoms with E-state index in [1.54, 1.807) is 0 Å². The second-order valence-corrected chi connectivity index (χ2v) is 7.18. The number of carbonyl (C=O) groups is 2. The van der Waals surface area contributed by atoms with Crippen LogP contribution in [0.3, 0.4) is 0 Å². The first-order valence-electron chi connectivity index (χ1n) is 6.61. The highest BCUT2D eigenvalue weighted by atomic mass is 16.6. The molecule has 3 heteroatoms. The molecule has 18 heavy (non-hydrogen) atoms. The molecule has 0 radical (unpaired) electrons. The topological polar surface area (TPSA) is 43.4 Å². The van der Waals surface area contributed by atoms with Gasteiger partial charge in [-0.15, -0.1) is 0 Å². The fraction of sp³-hybridized carbons (Fsp3) is 0.867. The maximum Gasteiger partial charge on any atom is 0.309 e. The van der Waals surface area contributed by atoms with Crippen LogP contribution in [0.1, 0.15) is 61.8 Å². The van der Waals surface area contributed by atoms with Crippen molar-refractivity contribution in [1.82, 2.24) is 0 Å². The van der Waals surface area contributed by atoms with Gasteiger partial charge in [0.05, 0.1) is 5.92 Å². The summed E-state index contributed by atoms with van der Waals surface area (Å²) in [5.41, 5.74) is -0.818. The summed E-state index contributed by atoms with van der Waals surface area (Å²) in [6, 6.07) is 0. The van der Waals surface area contributed by atoms with E-state index in [4.69, 9.17) is 4.74 Å². The number of hydrogen-bond acceptors (Lipinski definition) is 3. The summed E-state index contributed by atoms with van der Waals surface area (Å²) in [5, 5.41) is 0. The molecule has 0 saturated heterocycles. The fourth-order valence-corrected chi connectivity index (χ4v) is 1.40. The summed E-state index contributed by atoms with van der Waals surface area (Å²) in [6.07, 6.45) is 0.421. The number of esters is 1. The van der Waals surface area contributed by atoms with E-state index in [0.717, 1.165) is 0 Å². The van der Waals surface area contributed by atoms with Crippen molar-refractivity contribution in [2.24, 2.45) is 17.3 Å². The number of ether oxygens (including phenoxy) is 1. The highest BCUT2D eigenvalue weighted by Gasteiger charge is 2.30. The van der Waals surface area contributed by atoms with Crippen LogP contribution in [0.4, 0.5) is 0 Å². The van der Waals surface area contributed by atoms with Crippen LogP contribution in [0.5, 0.6) is 0 Å². The predicted octanol–water partition coefficient (Wildman–Crippen LogP) is 3.61. The second-order valence-electron chi connectivity index (χ2n) is 7.18. The van der Waals surface area contributed by atoms with Crippen LogP contribution in [0, 0.1) is 17.3 Å². The molecule has 3 nitrogen and oxygen atoms in total. The van der Waals surface area contributed by atoms with Gasteiger partial charge in [-0.25, -0.2) is 0 Å². The Morgan fingerprint density at radius 3 is 1.78 bits per heavy atom. The smallest absolute Gasteiger partial charge is 0.309 e. The minimum absolute atomic E-state index is 0.00609. The van der Waals surface area contributed by atoms with Crippen molar-refractivity contribution < 1.29 is 14.3 Å². The lowest BCUT2D eigenvalue weighted by molar-refractivity contribution is -0.161. The third-order valence-corrected chi connectivity index (χ3v) is 2.98. The lowest BCUT2D eigenvalue weighted by atomic mass is 9.82. The van der Waals surface area contributed by atoms with Gasteiger partial charge in [-0.1, -0.05) is 34.6 Å². The zero-order chi connectivity index (χ0) is 14.7. The molecule has 0 fully saturated rings. The fourth-order valence-electron chi connectivity index (χ4n) is 1.40. The average Bonchev–Trinajstić information content (AvgIpc) is 2.11. The molecule has 0 unspecified atom stereocenters. The van der Waals surface area contributed by atoms with Crippen molar-refractivity contribution in [2.75, 3.05) is 0 Å². The predicted molar refractivity (Wildman–Crippen MR) is 73.3 cm³/mol. The van der Waals surface area contributed by atoms with Gasteiger partial charge in [0.25, 0.3) is 0 Å². The molecule has 0 rings (SSSR count). The quantitative estimate of drug-likeness (QED) is 0.722. The molecule has 2 atom stereocenters. The molecule has 0 aliphatic heterocycles. The van der Waals surface area contributed by atoms with Crippen molar-refractivity contribution in [3.8, 4) is 0 Å². The molecule has 0 saturated carbocycles. The Hall–Kier alpha value is -0.860. The Morgan fingerprint density at radius 2 is 1.44 bits per heavy atom. The first kappa shape index (κ1) is 17.1. The molecule has 0 N–H and O–H groups in total. The van der Waals surface area contributed by atoms with Crippen LogP contribution >= 0.6 is 0 Å². The van der Waals surface area contributed by atoms with Gasteiger partial charge in [-0.2, -0.15) is 0 Å².